The van der Waals surface area contributed by atoms with Gasteiger partial charge in [-0.25, -0.2) is 0 Å². The molecule has 5 nitrogen and oxygen atoms in total. The molecule has 0 aliphatic carbocycles. The molecule has 0 spiro atoms. The van der Waals surface area contributed by atoms with Gasteiger partial charge in [-0.1, -0.05) is 48.5 Å². The number of nitrogens with one attached hydrogen (secondary N) is 2. The lowest BCUT2D eigenvalue weighted by atomic mass is 10.2. The molecule has 3 rings (SSSR count). The van der Waals surface area contributed by atoms with Crippen LogP contribution >= 0.6 is 24.0 Å². The highest BCUT2D eigenvalue weighted by atomic mass is 127. The summed E-state index contributed by atoms with van der Waals surface area (Å²) < 4.78 is 0. The first-order chi connectivity index (χ1) is 12.8. The van der Waals surface area contributed by atoms with Crippen LogP contribution in [0.15, 0.2) is 59.6 Å². The molecule has 1 aliphatic rings. The fourth-order valence-corrected chi connectivity index (χ4v) is 3.10. The largest absolute Gasteiger partial charge is 0.356 e. The SMILES string of the molecule is CCNC(=NCCC(=O)NCc1ccccc1)N1CCc2ccccc21.I. The van der Waals surface area contributed by atoms with Crippen molar-refractivity contribution < 1.29 is 4.79 Å². The molecular formula is C21H27IN4O. The number of carbonyl (C=O) groups is 1. The predicted octanol–water partition coefficient (Wildman–Crippen LogP) is 3.34. The number of guanidine groups is 1. The highest BCUT2D eigenvalue weighted by Crippen LogP contribution is 2.27. The van der Waals surface area contributed by atoms with Crippen molar-refractivity contribution in [2.24, 2.45) is 4.99 Å². The molecule has 0 saturated heterocycles. The van der Waals surface area contributed by atoms with Crippen molar-refractivity contribution in [3.8, 4) is 0 Å². The standard InChI is InChI=1S/C21H26N4O.HI/c1-2-22-21(25-15-13-18-10-6-7-11-19(18)25)23-14-12-20(26)24-16-17-8-4-3-5-9-17;/h3-11H,2,12-16H2,1H3,(H,22,23)(H,24,26);1H. The lowest BCUT2D eigenvalue weighted by Crippen LogP contribution is -2.40. The summed E-state index contributed by atoms with van der Waals surface area (Å²) in [7, 11) is 0. The summed E-state index contributed by atoms with van der Waals surface area (Å²) in [6.07, 6.45) is 1.41. The Morgan fingerprint density at radius 1 is 1.07 bits per heavy atom. The van der Waals surface area contributed by atoms with Gasteiger partial charge in [0.2, 0.25) is 5.91 Å². The summed E-state index contributed by atoms with van der Waals surface area (Å²) in [6.45, 7) is 4.82. The molecule has 0 aromatic heterocycles. The van der Waals surface area contributed by atoms with Crippen molar-refractivity contribution in [1.29, 1.82) is 0 Å². The monoisotopic (exact) mass is 478 g/mol. The van der Waals surface area contributed by atoms with Crippen LogP contribution in [0.3, 0.4) is 0 Å². The first-order valence-electron chi connectivity index (χ1n) is 9.22. The van der Waals surface area contributed by atoms with Gasteiger partial charge < -0.3 is 15.5 Å². The van der Waals surface area contributed by atoms with E-state index in [4.69, 9.17) is 0 Å². The molecule has 144 valence electrons. The number of hydrogen-bond acceptors (Lipinski definition) is 2. The number of anilines is 1. The number of carbonyl (C=O) groups excluding carboxylic acids is 1. The van der Waals surface area contributed by atoms with E-state index >= 15 is 0 Å². The Hall–Kier alpha value is -2.09. The smallest absolute Gasteiger partial charge is 0.222 e. The Morgan fingerprint density at radius 2 is 1.81 bits per heavy atom. The third-order valence-electron chi connectivity index (χ3n) is 4.41. The number of hydrogen-bond donors (Lipinski definition) is 2. The molecule has 2 N–H and O–H groups in total. The second-order valence-electron chi connectivity index (χ2n) is 6.28. The molecule has 6 heteroatoms. The zero-order chi connectivity index (χ0) is 18.2. The van der Waals surface area contributed by atoms with Crippen molar-refractivity contribution in [2.45, 2.75) is 26.3 Å². The van der Waals surface area contributed by atoms with Gasteiger partial charge in [-0.3, -0.25) is 9.79 Å². The number of amides is 1. The molecule has 0 saturated carbocycles. The number of para-hydroxylation sites is 1. The maximum absolute atomic E-state index is 12.1. The number of halogens is 1. The summed E-state index contributed by atoms with van der Waals surface area (Å²) in [5.41, 5.74) is 3.66. The minimum Gasteiger partial charge on any atom is -0.356 e. The Balaban J connectivity index is 0.00000261. The van der Waals surface area contributed by atoms with E-state index in [1.54, 1.807) is 0 Å². The Bertz CT molecular complexity index is 764. The van der Waals surface area contributed by atoms with E-state index in [0.717, 1.165) is 31.0 Å². The maximum Gasteiger partial charge on any atom is 0.222 e. The second-order valence-corrected chi connectivity index (χ2v) is 6.28. The summed E-state index contributed by atoms with van der Waals surface area (Å²) >= 11 is 0. The normalized spacial score (nSPS) is 12.9. The molecule has 2 aromatic rings. The van der Waals surface area contributed by atoms with Crippen LogP contribution in [0.2, 0.25) is 0 Å². The fraction of sp³-hybridized carbons (Fsp3) is 0.333. The molecule has 1 amide bonds. The first kappa shape index (κ1) is 21.2. The average Bonchev–Trinajstić information content (AvgIpc) is 3.10. The van der Waals surface area contributed by atoms with Gasteiger partial charge >= 0.3 is 0 Å². The Morgan fingerprint density at radius 3 is 2.59 bits per heavy atom. The van der Waals surface area contributed by atoms with Crippen molar-refractivity contribution in [3.63, 3.8) is 0 Å². The zero-order valence-electron chi connectivity index (χ0n) is 15.6. The Kier molecular flexibility index (Phi) is 8.57. The van der Waals surface area contributed by atoms with Crippen LogP contribution in [0, 0.1) is 0 Å². The topological polar surface area (TPSA) is 56.7 Å². The van der Waals surface area contributed by atoms with Gasteiger partial charge in [0.15, 0.2) is 5.96 Å². The number of nitrogens with zero attached hydrogens (tertiary/aromatic N) is 2. The van der Waals surface area contributed by atoms with Gasteiger partial charge in [0.25, 0.3) is 0 Å². The lowest BCUT2D eigenvalue weighted by Gasteiger charge is -2.22. The molecule has 27 heavy (non-hydrogen) atoms. The van der Waals surface area contributed by atoms with Crippen LogP contribution in [-0.4, -0.2) is 31.5 Å². The summed E-state index contributed by atoms with van der Waals surface area (Å²) in [5.74, 6) is 0.878. The van der Waals surface area contributed by atoms with Crippen LogP contribution in [0.25, 0.3) is 0 Å². The number of aliphatic imine (C=N–C) groups is 1. The maximum atomic E-state index is 12.1. The van der Waals surface area contributed by atoms with Gasteiger partial charge in [-0.05, 0) is 30.5 Å². The molecule has 0 bridgehead atoms. The van der Waals surface area contributed by atoms with E-state index in [1.165, 1.54) is 11.3 Å². The zero-order valence-corrected chi connectivity index (χ0v) is 18.0. The molecule has 0 atom stereocenters. The number of fused-ring (bicyclic) bond motifs is 1. The summed E-state index contributed by atoms with van der Waals surface area (Å²) in [4.78, 5) is 18.9. The van der Waals surface area contributed by atoms with Crippen molar-refractivity contribution in [3.05, 3.63) is 65.7 Å². The number of benzene rings is 2. The van der Waals surface area contributed by atoms with Crippen molar-refractivity contribution in [1.82, 2.24) is 10.6 Å². The highest BCUT2D eigenvalue weighted by molar-refractivity contribution is 14.0. The molecule has 0 fully saturated rings. The summed E-state index contributed by atoms with van der Waals surface area (Å²) in [6, 6.07) is 18.3. The van der Waals surface area contributed by atoms with Gasteiger partial charge in [0.1, 0.15) is 0 Å². The van der Waals surface area contributed by atoms with Gasteiger partial charge in [0, 0.05) is 31.7 Å². The second kappa shape index (κ2) is 10.9. The van der Waals surface area contributed by atoms with Crippen LogP contribution in [-0.2, 0) is 17.8 Å². The third kappa shape index (κ3) is 5.95. The minimum atomic E-state index is 0. The van der Waals surface area contributed by atoms with Gasteiger partial charge in [-0.2, -0.15) is 0 Å². The van der Waals surface area contributed by atoms with E-state index < -0.39 is 0 Å². The minimum absolute atomic E-state index is 0. The fourth-order valence-electron chi connectivity index (χ4n) is 3.10. The van der Waals surface area contributed by atoms with Crippen molar-refractivity contribution >= 4 is 41.5 Å². The Labute approximate surface area is 178 Å². The lowest BCUT2D eigenvalue weighted by molar-refractivity contribution is -0.121. The molecule has 0 radical (unpaired) electrons. The van der Waals surface area contributed by atoms with E-state index in [9.17, 15) is 4.79 Å². The molecule has 1 aliphatic heterocycles. The van der Waals surface area contributed by atoms with Crippen LogP contribution in [0.4, 0.5) is 5.69 Å². The van der Waals surface area contributed by atoms with E-state index in [1.807, 2.05) is 30.3 Å². The third-order valence-corrected chi connectivity index (χ3v) is 4.41. The van der Waals surface area contributed by atoms with E-state index in [2.05, 4.69) is 51.7 Å². The van der Waals surface area contributed by atoms with Gasteiger partial charge in [0.05, 0.1) is 6.54 Å². The van der Waals surface area contributed by atoms with Crippen LogP contribution in [0.1, 0.15) is 24.5 Å². The summed E-state index contributed by atoms with van der Waals surface area (Å²) in [5, 5.41) is 6.29. The molecular weight excluding hydrogens is 451 g/mol. The molecule has 2 aromatic carbocycles. The first-order valence-corrected chi connectivity index (χ1v) is 9.22. The van der Waals surface area contributed by atoms with Crippen molar-refractivity contribution in [2.75, 3.05) is 24.5 Å². The molecule has 0 unspecified atom stereocenters. The number of rotatable bonds is 6. The quantitative estimate of drug-likeness (QED) is 0.381. The van der Waals surface area contributed by atoms with E-state index in [0.29, 0.717) is 19.5 Å². The molecule has 1 heterocycles. The highest BCUT2D eigenvalue weighted by Gasteiger charge is 2.22. The van der Waals surface area contributed by atoms with Crippen LogP contribution < -0.4 is 15.5 Å². The predicted molar refractivity (Wildman–Crippen MR) is 122 cm³/mol. The van der Waals surface area contributed by atoms with E-state index in [-0.39, 0.29) is 29.9 Å². The average molecular weight is 478 g/mol. The van der Waals surface area contributed by atoms with Crippen LogP contribution in [0.5, 0.6) is 0 Å². The van der Waals surface area contributed by atoms with Gasteiger partial charge in [-0.15, -0.1) is 24.0 Å².